The molecule has 0 radical (unpaired) electrons. The molecule has 0 bridgehead atoms. The van der Waals surface area contributed by atoms with Crippen molar-refractivity contribution < 1.29 is 9.59 Å². The minimum atomic E-state index is -0.381. The number of nitrogens with zero attached hydrogens (tertiary/aromatic N) is 1. The van der Waals surface area contributed by atoms with E-state index in [0.717, 1.165) is 27.3 Å². The Hall–Kier alpha value is -3.02. The van der Waals surface area contributed by atoms with Crippen LogP contribution in [0.25, 0.3) is 0 Å². The summed E-state index contributed by atoms with van der Waals surface area (Å²) in [6.45, 7) is 5.83. The smallest absolute Gasteiger partial charge is 0.283 e. The van der Waals surface area contributed by atoms with Crippen LogP contribution in [-0.4, -0.2) is 11.8 Å². The van der Waals surface area contributed by atoms with Gasteiger partial charge in [-0.3, -0.25) is 9.59 Å². The van der Waals surface area contributed by atoms with Crippen molar-refractivity contribution in [3.63, 3.8) is 0 Å². The molecule has 1 N–H and O–H groups in total. The number of halogens is 1. The second-order valence-corrected chi connectivity index (χ2v) is 9.02. The minimum Gasteiger partial charge on any atom is -0.350 e. The Balaban J connectivity index is 1.78. The summed E-state index contributed by atoms with van der Waals surface area (Å²) in [4.78, 5) is 29.4. The second kappa shape index (κ2) is 8.61. The SMILES string of the molecule is Cc1cc(C)cc(NC2=C(Sc3ccccc3)C(=O)N(c3ccc(Cl)cc3C)C2=O)c1. The third kappa shape index (κ3) is 4.38. The van der Waals surface area contributed by atoms with Gasteiger partial charge in [-0.15, -0.1) is 0 Å². The van der Waals surface area contributed by atoms with E-state index in [0.29, 0.717) is 15.6 Å². The molecule has 1 aliphatic rings. The van der Waals surface area contributed by atoms with E-state index >= 15 is 0 Å². The molecule has 0 saturated heterocycles. The van der Waals surface area contributed by atoms with Gasteiger partial charge in [0.1, 0.15) is 10.6 Å². The van der Waals surface area contributed by atoms with E-state index in [1.54, 1.807) is 18.2 Å². The summed E-state index contributed by atoms with van der Waals surface area (Å²) < 4.78 is 0. The number of rotatable bonds is 5. The van der Waals surface area contributed by atoms with Gasteiger partial charge in [0, 0.05) is 15.6 Å². The van der Waals surface area contributed by atoms with Crippen LogP contribution in [0.15, 0.2) is 82.2 Å². The summed E-state index contributed by atoms with van der Waals surface area (Å²) in [7, 11) is 0. The summed E-state index contributed by atoms with van der Waals surface area (Å²) in [5.74, 6) is -0.732. The number of carbonyl (C=O) groups excluding carboxylic acids is 2. The van der Waals surface area contributed by atoms with Crippen molar-refractivity contribution in [1.29, 1.82) is 0 Å². The van der Waals surface area contributed by atoms with Crippen LogP contribution in [0.5, 0.6) is 0 Å². The number of imide groups is 1. The summed E-state index contributed by atoms with van der Waals surface area (Å²) in [6.07, 6.45) is 0. The largest absolute Gasteiger partial charge is 0.350 e. The number of aryl methyl sites for hydroxylation is 3. The van der Waals surface area contributed by atoms with Crippen LogP contribution in [0.2, 0.25) is 5.02 Å². The third-order valence-electron chi connectivity index (χ3n) is 4.90. The molecule has 3 aromatic carbocycles. The molecule has 3 aromatic rings. The number of amides is 2. The van der Waals surface area contributed by atoms with Crippen molar-refractivity contribution in [2.24, 2.45) is 0 Å². The molecule has 1 heterocycles. The zero-order valence-electron chi connectivity index (χ0n) is 17.4. The quantitative estimate of drug-likeness (QED) is 0.468. The molecule has 0 aromatic heterocycles. The van der Waals surface area contributed by atoms with Crippen LogP contribution in [-0.2, 0) is 9.59 Å². The van der Waals surface area contributed by atoms with Gasteiger partial charge in [0.2, 0.25) is 0 Å². The maximum Gasteiger partial charge on any atom is 0.283 e. The number of nitrogens with one attached hydrogen (secondary N) is 1. The van der Waals surface area contributed by atoms with E-state index in [4.69, 9.17) is 11.6 Å². The molecule has 0 unspecified atom stereocenters. The van der Waals surface area contributed by atoms with Crippen molar-refractivity contribution in [2.45, 2.75) is 25.7 Å². The fourth-order valence-electron chi connectivity index (χ4n) is 3.60. The number of carbonyl (C=O) groups is 2. The lowest BCUT2D eigenvalue weighted by molar-refractivity contribution is -0.120. The molecular formula is C25H21ClN2O2S. The summed E-state index contributed by atoms with van der Waals surface area (Å²) >= 11 is 7.37. The number of anilines is 2. The standard InChI is InChI=1S/C25H21ClN2O2S/c1-15-11-16(2)13-19(12-15)27-22-23(31-20-7-5-4-6-8-20)25(30)28(24(22)29)21-10-9-18(26)14-17(21)3/h4-14,27H,1-3H3. The van der Waals surface area contributed by atoms with Gasteiger partial charge in [-0.05, 0) is 79.9 Å². The van der Waals surface area contributed by atoms with E-state index in [1.165, 1.54) is 16.7 Å². The van der Waals surface area contributed by atoms with Gasteiger partial charge in [0.15, 0.2) is 0 Å². The Labute approximate surface area is 190 Å². The van der Waals surface area contributed by atoms with Crippen molar-refractivity contribution >= 4 is 46.6 Å². The highest BCUT2D eigenvalue weighted by Gasteiger charge is 2.40. The topological polar surface area (TPSA) is 49.4 Å². The van der Waals surface area contributed by atoms with Crippen molar-refractivity contribution in [3.8, 4) is 0 Å². The molecule has 0 atom stereocenters. The first kappa shape index (κ1) is 21.2. The normalized spacial score (nSPS) is 13.9. The Morgan fingerprint density at radius 2 is 1.52 bits per heavy atom. The lowest BCUT2D eigenvalue weighted by atomic mass is 10.1. The lowest BCUT2D eigenvalue weighted by Gasteiger charge is -2.18. The predicted molar refractivity (Wildman–Crippen MR) is 128 cm³/mol. The molecule has 0 aliphatic carbocycles. The van der Waals surface area contributed by atoms with Crippen LogP contribution >= 0.6 is 23.4 Å². The van der Waals surface area contributed by atoms with Gasteiger partial charge in [0.25, 0.3) is 11.8 Å². The molecule has 31 heavy (non-hydrogen) atoms. The monoisotopic (exact) mass is 448 g/mol. The maximum atomic E-state index is 13.5. The highest BCUT2D eigenvalue weighted by atomic mass is 35.5. The van der Waals surface area contributed by atoms with Crippen LogP contribution in [0.1, 0.15) is 16.7 Å². The summed E-state index contributed by atoms with van der Waals surface area (Å²) in [5, 5.41) is 3.78. The fourth-order valence-corrected chi connectivity index (χ4v) is 4.78. The van der Waals surface area contributed by atoms with Crippen LogP contribution < -0.4 is 10.2 Å². The van der Waals surface area contributed by atoms with Gasteiger partial charge in [-0.25, -0.2) is 4.90 Å². The predicted octanol–water partition coefficient (Wildman–Crippen LogP) is 6.25. The molecule has 0 spiro atoms. The Kier molecular flexibility index (Phi) is 5.90. The van der Waals surface area contributed by atoms with Crippen LogP contribution in [0.3, 0.4) is 0 Å². The minimum absolute atomic E-state index is 0.276. The van der Waals surface area contributed by atoms with Crippen molar-refractivity contribution in [1.82, 2.24) is 0 Å². The summed E-state index contributed by atoms with van der Waals surface area (Å²) in [5.41, 5.74) is 4.48. The second-order valence-electron chi connectivity index (χ2n) is 7.50. The highest BCUT2D eigenvalue weighted by Crippen LogP contribution is 2.39. The first-order valence-electron chi connectivity index (χ1n) is 9.81. The van der Waals surface area contributed by atoms with Crippen molar-refractivity contribution in [3.05, 3.63) is 99.0 Å². The number of benzene rings is 3. The van der Waals surface area contributed by atoms with Gasteiger partial charge in [0.05, 0.1) is 5.69 Å². The number of hydrogen-bond acceptors (Lipinski definition) is 4. The zero-order valence-corrected chi connectivity index (χ0v) is 19.0. The lowest BCUT2D eigenvalue weighted by Crippen LogP contribution is -2.33. The van der Waals surface area contributed by atoms with Crippen LogP contribution in [0, 0.1) is 20.8 Å². The summed E-state index contributed by atoms with van der Waals surface area (Å²) in [6, 6.07) is 20.7. The van der Waals surface area contributed by atoms with Gasteiger partial charge < -0.3 is 5.32 Å². The van der Waals surface area contributed by atoms with E-state index < -0.39 is 0 Å². The number of hydrogen-bond donors (Lipinski definition) is 1. The molecule has 2 amide bonds. The van der Waals surface area contributed by atoms with E-state index in [2.05, 4.69) is 11.4 Å². The van der Waals surface area contributed by atoms with Gasteiger partial charge >= 0.3 is 0 Å². The molecular weight excluding hydrogens is 428 g/mol. The first-order chi connectivity index (χ1) is 14.8. The van der Waals surface area contributed by atoms with Crippen LogP contribution in [0.4, 0.5) is 11.4 Å². The Bertz CT molecular complexity index is 1200. The number of thioether (sulfide) groups is 1. The van der Waals surface area contributed by atoms with E-state index in [1.807, 2.05) is 63.2 Å². The molecule has 156 valence electrons. The molecule has 1 aliphatic heterocycles. The van der Waals surface area contributed by atoms with Crippen molar-refractivity contribution in [2.75, 3.05) is 10.2 Å². The third-order valence-corrected chi connectivity index (χ3v) is 6.22. The molecule has 4 nitrogen and oxygen atoms in total. The Morgan fingerprint density at radius 1 is 0.839 bits per heavy atom. The van der Waals surface area contributed by atoms with E-state index in [9.17, 15) is 9.59 Å². The average molecular weight is 449 g/mol. The first-order valence-corrected chi connectivity index (χ1v) is 11.0. The fraction of sp³-hybridized carbons (Fsp3) is 0.120. The van der Waals surface area contributed by atoms with Gasteiger partial charge in [-0.1, -0.05) is 47.6 Å². The molecule has 0 fully saturated rings. The molecule has 0 saturated carbocycles. The van der Waals surface area contributed by atoms with E-state index in [-0.39, 0.29) is 17.5 Å². The van der Waals surface area contributed by atoms with Gasteiger partial charge in [-0.2, -0.15) is 0 Å². The zero-order chi connectivity index (χ0) is 22.1. The molecule has 6 heteroatoms. The maximum absolute atomic E-state index is 13.5. The Morgan fingerprint density at radius 3 is 2.16 bits per heavy atom. The molecule has 4 rings (SSSR count). The highest BCUT2D eigenvalue weighted by molar-refractivity contribution is 8.04. The average Bonchev–Trinajstić information content (AvgIpc) is 2.93.